The van der Waals surface area contributed by atoms with E-state index in [0.717, 1.165) is 5.56 Å². The highest BCUT2D eigenvalue weighted by molar-refractivity contribution is 5.74. The molecule has 1 aromatic rings. The molecule has 0 radical (unpaired) electrons. The normalized spacial score (nSPS) is 11.2. The van der Waals surface area contributed by atoms with Gasteiger partial charge in [0.25, 0.3) is 0 Å². The van der Waals surface area contributed by atoms with Gasteiger partial charge in [0.2, 0.25) is 5.91 Å². The van der Waals surface area contributed by atoms with Crippen LogP contribution in [0.3, 0.4) is 0 Å². The minimum absolute atomic E-state index is 0.00215. The van der Waals surface area contributed by atoms with Gasteiger partial charge >= 0.3 is 0 Å². The standard InChI is InChI=1S/C11H15NO2.C2H6/c12-11(14)7-10(8-13)6-9-4-2-1-3-5-9;1-2/h1-5,10,13H,6-8H2,(H2,12,14);1-2H3. The third-order valence-corrected chi connectivity index (χ3v) is 2.12. The van der Waals surface area contributed by atoms with Crippen LogP contribution in [0, 0.1) is 5.92 Å². The average Bonchev–Trinajstić information content (AvgIpc) is 2.31. The molecule has 3 heteroatoms. The second kappa shape index (κ2) is 8.92. The Bertz CT molecular complexity index is 285. The van der Waals surface area contributed by atoms with Gasteiger partial charge in [-0.3, -0.25) is 4.79 Å². The summed E-state index contributed by atoms with van der Waals surface area (Å²) in [5, 5.41) is 9.03. The second-order valence-electron chi connectivity index (χ2n) is 3.41. The molecular weight excluding hydrogens is 202 g/mol. The van der Waals surface area contributed by atoms with E-state index < -0.39 is 0 Å². The first-order chi connectivity index (χ1) is 7.72. The Labute approximate surface area is 97.3 Å². The molecule has 16 heavy (non-hydrogen) atoms. The summed E-state index contributed by atoms with van der Waals surface area (Å²) in [6, 6.07) is 9.76. The van der Waals surface area contributed by atoms with E-state index in [9.17, 15) is 4.79 Å². The fraction of sp³-hybridized carbons (Fsp3) is 0.462. The number of hydrogen-bond acceptors (Lipinski definition) is 2. The first kappa shape index (κ1) is 14.6. The van der Waals surface area contributed by atoms with Gasteiger partial charge < -0.3 is 10.8 Å². The number of aliphatic hydroxyl groups is 1. The van der Waals surface area contributed by atoms with Crippen LogP contribution >= 0.6 is 0 Å². The number of nitrogens with two attached hydrogens (primary N) is 1. The fourth-order valence-corrected chi connectivity index (χ4v) is 1.43. The molecule has 1 rings (SSSR count). The third kappa shape index (κ3) is 6.19. The molecule has 1 unspecified atom stereocenters. The largest absolute Gasteiger partial charge is 0.396 e. The predicted octanol–water partition coefficient (Wildman–Crippen LogP) is 1.74. The molecule has 0 saturated carbocycles. The van der Waals surface area contributed by atoms with E-state index in [1.807, 2.05) is 44.2 Å². The highest BCUT2D eigenvalue weighted by atomic mass is 16.3. The number of carbonyl (C=O) groups excluding carboxylic acids is 1. The van der Waals surface area contributed by atoms with Crippen molar-refractivity contribution >= 4 is 5.91 Å². The monoisotopic (exact) mass is 223 g/mol. The molecule has 1 aromatic carbocycles. The number of primary amides is 1. The first-order valence-corrected chi connectivity index (χ1v) is 5.65. The number of rotatable bonds is 5. The zero-order chi connectivity index (χ0) is 12.4. The molecule has 0 aliphatic heterocycles. The van der Waals surface area contributed by atoms with Crippen LogP contribution in [-0.2, 0) is 11.2 Å². The van der Waals surface area contributed by atoms with Crippen molar-refractivity contribution in [3.63, 3.8) is 0 Å². The zero-order valence-electron chi connectivity index (χ0n) is 10.0. The number of amides is 1. The Balaban J connectivity index is 0.00000106. The SMILES string of the molecule is CC.NC(=O)CC(CO)Cc1ccccc1. The molecule has 3 nitrogen and oxygen atoms in total. The summed E-state index contributed by atoms with van der Waals surface area (Å²) >= 11 is 0. The van der Waals surface area contributed by atoms with Crippen LogP contribution in [0.25, 0.3) is 0 Å². The minimum atomic E-state index is -0.361. The molecule has 0 saturated heterocycles. The van der Waals surface area contributed by atoms with Crippen molar-refractivity contribution in [3.8, 4) is 0 Å². The zero-order valence-corrected chi connectivity index (χ0v) is 10.0. The predicted molar refractivity (Wildman–Crippen MR) is 65.9 cm³/mol. The van der Waals surface area contributed by atoms with Crippen molar-refractivity contribution in [2.75, 3.05) is 6.61 Å². The maximum Gasteiger partial charge on any atom is 0.217 e. The summed E-state index contributed by atoms with van der Waals surface area (Å²) in [4.78, 5) is 10.7. The molecule has 0 aliphatic carbocycles. The first-order valence-electron chi connectivity index (χ1n) is 5.65. The molecule has 0 fully saturated rings. The Morgan fingerprint density at radius 3 is 2.31 bits per heavy atom. The Morgan fingerprint density at radius 1 is 1.31 bits per heavy atom. The van der Waals surface area contributed by atoms with E-state index in [2.05, 4.69) is 0 Å². The smallest absolute Gasteiger partial charge is 0.217 e. The van der Waals surface area contributed by atoms with Crippen LogP contribution in [-0.4, -0.2) is 17.6 Å². The van der Waals surface area contributed by atoms with Crippen molar-refractivity contribution in [2.24, 2.45) is 11.7 Å². The molecule has 0 heterocycles. The van der Waals surface area contributed by atoms with Crippen molar-refractivity contribution in [2.45, 2.75) is 26.7 Å². The van der Waals surface area contributed by atoms with E-state index in [1.165, 1.54) is 0 Å². The molecule has 0 spiro atoms. The quantitative estimate of drug-likeness (QED) is 0.798. The lowest BCUT2D eigenvalue weighted by molar-refractivity contribution is -0.119. The van der Waals surface area contributed by atoms with Crippen molar-refractivity contribution < 1.29 is 9.90 Å². The highest BCUT2D eigenvalue weighted by Crippen LogP contribution is 2.11. The lowest BCUT2D eigenvalue weighted by atomic mass is 9.97. The molecule has 0 aliphatic rings. The highest BCUT2D eigenvalue weighted by Gasteiger charge is 2.11. The maximum atomic E-state index is 10.7. The summed E-state index contributed by atoms with van der Waals surface area (Å²) in [7, 11) is 0. The van der Waals surface area contributed by atoms with Crippen LogP contribution in [0.4, 0.5) is 0 Å². The van der Waals surface area contributed by atoms with Gasteiger partial charge in [-0.1, -0.05) is 44.2 Å². The van der Waals surface area contributed by atoms with Crippen LogP contribution in [0.1, 0.15) is 25.8 Å². The second-order valence-corrected chi connectivity index (χ2v) is 3.41. The molecule has 1 atom stereocenters. The number of aliphatic hydroxyl groups excluding tert-OH is 1. The summed E-state index contributed by atoms with van der Waals surface area (Å²) in [5.41, 5.74) is 6.19. The average molecular weight is 223 g/mol. The van der Waals surface area contributed by atoms with Gasteiger partial charge in [-0.15, -0.1) is 0 Å². The third-order valence-electron chi connectivity index (χ3n) is 2.12. The van der Waals surface area contributed by atoms with E-state index in [0.29, 0.717) is 6.42 Å². The molecule has 1 amide bonds. The van der Waals surface area contributed by atoms with E-state index in [-0.39, 0.29) is 24.9 Å². The van der Waals surface area contributed by atoms with Crippen molar-refractivity contribution in [3.05, 3.63) is 35.9 Å². The van der Waals surface area contributed by atoms with Gasteiger partial charge in [0.15, 0.2) is 0 Å². The van der Waals surface area contributed by atoms with Gasteiger partial charge in [-0.05, 0) is 17.9 Å². The lowest BCUT2D eigenvalue weighted by Gasteiger charge is -2.11. The number of hydrogen-bond donors (Lipinski definition) is 2. The van der Waals surface area contributed by atoms with Gasteiger partial charge in [-0.2, -0.15) is 0 Å². The van der Waals surface area contributed by atoms with E-state index in [4.69, 9.17) is 10.8 Å². The molecule has 0 aromatic heterocycles. The summed E-state index contributed by atoms with van der Waals surface area (Å²) < 4.78 is 0. The Kier molecular flexibility index (Phi) is 8.17. The molecular formula is C13H21NO2. The summed E-state index contributed by atoms with van der Waals surface area (Å²) in [6.07, 6.45) is 0.936. The van der Waals surface area contributed by atoms with E-state index in [1.54, 1.807) is 0 Å². The van der Waals surface area contributed by atoms with Crippen LogP contribution in [0.2, 0.25) is 0 Å². The fourth-order valence-electron chi connectivity index (χ4n) is 1.43. The van der Waals surface area contributed by atoms with Crippen molar-refractivity contribution in [1.29, 1.82) is 0 Å². The summed E-state index contributed by atoms with van der Waals surface area (Å²) in [5.74, 6) is -0.421. The van der Waals surface area contributed by atoms with Gasteiger partial charge in [0.1, 0.15) is 0 Å². The van der Waals surface area contributed by atoms with Gasteiger partial charge in [0, 0.05) is 13.0 Å². The lowest BCUT2D eigenvalue weighted by Crippen LogP contribution is -2.20. The molecule has 0 bridgehead atoms. The van der Waals surface area contributed by atoms with Crippen LogP contribution < -0.4 is 5.73 Å². The number of carbonyl (C=O) groups is 1. The molecule has 3 N–H and O–H groups in total. The van der Waals surface area contributed by atoms with Crippen LogP contribution in [0.5, 0.6) is 0 Å². The van der Waals surface area contributed by atoms with Gasteiger partial charge in [-0.25, -0.2) is 0 Å². The minimum Gasteiger partial charge on any atom is -0.396 e. The Hall–Kier alpha value is -1.35. The van der Waals surface area contributed by atoms with E-state index >= 15 is 0 Å². The maximum absolute atomic E-state index is 10.7. The van der Waals surface area contributed by atoms with Gasteiger partial charge in [0.05, 0.1) is 0 Å². The molecule has 90 valence electrons. The number of benzene rings is 1. The topological polar surface area (TPSA) is 63.3 Å². The summed E-state index contributed by atoms with van der Waals surface area (Å²) in [6.45, 7) is 4.00. The van der Waals surface area contributed by atoms with Crippen LogP contribution in [0.15, 0.2) is 30.3 Å². The Morgan fingerprint density at radius 2 is 1.88 bits per heavy atom. The van der Waals surface area contributed by atoms with Crippen molar-refractivity contribution in [1.82, 2.24) is 0 Å².